The highest BCUT2D eigenvalue weighted by atomic mass is 16.7. The number of amides is 2. The van der Waals surface area contributed by atoms with E-state index in [2.05, 4.69) is 10.8 Å². The molecule has 0 saturated carbocycles. The van der Waals surface area contributed by atoms with E-state index in [1.54, 1.807) is 31.4 Å². The summed E-state index contributed by atoms with van der Waals surface area (Å²) in [5.41, 5.74) is 2.89. The molecule has 1 aromatic carbocycles. The molecule has 0 aliphatic rings. The van der Waals surface area contributed by atoms with Gasteiger partial charge < -0.3 is 14.8 Å². The molecule has 1 aromatic rings. The Bertz CT molecular complexity index is 528. The molecule has 7 nitrogen and oxygen atoms in total. The van der Waals surface area contributed by atoms with Gasteiger partial charge in [-0.3, -0.25) is 14.4 Å². The van der Waals surface area contributed by atoms with Gasteiger partial charge in [0.25, 0.3) is 5.91 Å². The Morgan fingerprint density at radius 3 is 2.52 bits per heavy atom. The topological polar surface area (TPSA) is 85.9 Å². The third-order valence-corrected chi connectivity index (χ3v) is 2.49. The molecule has 2 N–H and O–H groups in total. The van der Waals surface area contributed by atoms with E-state index in [1.807, 2.05) is 0 Å². The standard InChI is InChI=1S/C14H18N2O5/c1-15-14(18)9-21-16-13(17)7-5-10-4-6-11(19-2)12(8-10)20-3/h4-8H,9H2,1-3H3,(H,15,18)(H,16,17)/b7-5+. The van der Waals surface area contributed by atoms with Crippen molar-refractivity contribution in [1.29, 1.82) is 0 Å². The molecule has 7 heteroatoms. The number of likely N-dealkylation sites (N-methyl/N-ethyl adjacent to an activating group) is 1. The maximum Gasteiger partial charge on any atom is 0.267 e. The van der Waals surface area contributed by atoms with Crippen LogP contribution in [0.25, 0.3) is 6.08 Å². The summed E-state index contributed by atoms with van der Waals surface area (Å²) in [5, 5.41) is 2.36. The van der Waals surface area contributed by atoms with Crippen LogP contribution in [-0.2, 0) is 14.4 Å². The summed E-state index contributed by atoms with van der Waals surface area (Å²) in [7, 11) is 4.56. The van der Waals surface area contributed by atoms with Crippen molar-refractivity contribution in [1.82, 2.24) is 10.8 Å². The fourth-order valence-corrected chi connectivity index (χ4v) is 1.41. The van der Waals surface area contributed by atoms with Gasteiger partial charge in [-0.25, -0.2) is 5.48 Å². The number of benzene rings is 1. The smallest absolute Gasteiger partial charge is 0.267 e. The Labute approximate surface area is 122 Å². The van der Waals surface area contributed by atoms with Gasteiger partial charge in [0.05, 0.1) is 14.2 Å². The van der Waals surface area contributed by atoms with Crippen LogP contribution in [0.15, 0.2) is 24.3 Å². The molecule has 0 unspecified atom stereocenters. The van der Waals surface area contributed by atoms with Crippen LogP contribution in [0.5, 0.6) is 11.5 Å². The first-order valence-corrected chi connectivity index (χ1v) is 6.13. The number of nitrogens with one attached hydrogen (secondary N) is 2. The normalized spacial score (nSPS) is 10.2. The van der Waals surface area contributed by atoms with Crippen LogP contribution in [0.1, 0.15) is 5.56 Å². The molecule has 114 valence electrons. The number of ether oxygens (including phenoxy) is 2. The van der Waals surface area contributed by atoms with Crippen LogP contribution < -0.4 is 20.3 Å². The zero-order chi connectivity index (χ0) is 15.7. The van der Waals surface area contributed by atoms with Crippen molar-refractivity contribution in [2.45, 2.75) is 0 Å². The SMILES string of the molecule is CNC(=O)CONC(=O)/C=C/c1ccc(OC)c(OC)c1. The predicted molar refractivity (Wildman–Crippen MR) is 76.7 cm³/mol. The third kappa shape index (κ3) is 5.53. The van der Waals surface area contributed by atoms with Gasteiger partial charge in [0, 0.05) is 13.1 Å². The van der Waals surface area contributed by atoms with Crippen LogP contribution in [0.4, 0.5) is 0 Å². The number of carbonyl (C=O) groups excluding carboxylic acids is 2. The molecule has 2 amide bonds. The summed E-state index contributed by atoms with van der Waals surface area (Å²) in [6.45, 7) is -0.244. The second-order valence-electron chi connectivity index (χ2n) is 3.88. The van der Waals surface area contributed by atoms with Gasteiger partial charge in [-0.2, -0.15) is 0 Å². The number of hydrogen-bond acceptors (Lipinski definition) is 5. The first-order valence-electron chi connectivity index (χ1n) is 6.13. The Hall–Kier alpha value is -2.54. The molecule has 0 aliphatic heterocycles. The molecular weight excluding hydrogens is 276 g/mol. The summed E-state index contributed by atoms with van der Waals surface area (Å²) in [5.74, 6) is 0.358. The Morgan fingerprint density at radius 2 is 1.90 bits per heavy atom. The number of hydrogen-bond donors (Lipinski definition) is 2. The second kappa shape index (κ2) is 8.60. The predicted octanol–water partition coefficient (Wildman–Crippen LogP) is 0.511. The van der Waals surface area contributed by atoms with Gasteiger partial charge in [-0.05, 0) is 23.8 Å². The molecule has 21 heavy (non-hydrogen) atoms. The fourth-order valence-electron chi connectivity index (χ4n) is 1.41. The summed E-state index contributed by atoms with van der Waals surface area (Å²) < 4.78 is 10.3. The lowest BCUT2D eigenvalue weighted by Crippen LogP contribution is -2.30. The minimum absolute atomic E-state index is 0.244. The van der Waals surface area contributed by atoms with E-state index in [0.29, 0.717) is 11.5 Å². The van der Waals surface area contributed by atoms with E-state index in [4.69, 9.17) is 14.3 Å². The van der Waals surface area contributed by atoms with Crippen molar-refractivity contribution in [2.75, 3.05) is 27.9 Å². The van der Waals surface area contributed by atoms with Crippen molar-refractivity contribution in [2.24, 2.45) is 0 Å². The molecule has 0 spiro atoms. The lowest BCUT2D eigenvalue weighted by atomic mass is 10.2. The Kier molecular flexibility index (Phi) is 6.76. The molecule has 0 fully saturated rings. The molecule has 0 aromatic heterocycles. The van der Waals surface area contributed by atoms with Crippen LogP contribution in [-0.4, -0.2) is 39.7 Å². The van der Waals surface area contributed by atoms with E-state index >= 15 is 0 Å². The highest BCUT2D eigenvalue weighted by molar-refractivity contribution is 5.91. The fraction of sp³-hybridized carbons (Fsp3) is 0.286. The maximum absolute atomic E-state index is 11.5. The molecule has 0 atom stereocenters. The second-order valence-corrected chi connectivity index (χ2v) is 3.88. The molecule has 0 heterocycles. The van der Waals surface area contributed by atoms with E-state index in [0.717, 1.165) is 5.56 Å². The Morgan fingerprint density at radius 1 is 1.19 bits per heavy atom. The first kappa shape index (κ1) is 16.5. The summed E-state index contributed by atoms with van der Waals surface area (Å²) in [6, 6.07) is 5.24. The minimum atomic E-state index is -0.478. The van der Waals surface area contributed by atoms with Gasteiger partial charge >= 0.3 is 0 Å². The van der Waals surface area contributed by atoms with Crippen LogP contribution in [0.3, 0.4) is 0 Å². The van der Waals surface area contributed by atoms with E-state index in [9.17, 15) is 9.59 Å². The van der Waals surface area contributed by atoms with Gasteiger partial charge in [0.2, 0.25) is 5.91 Å². The van der Waals surface area contributed by atoms with Crippen LogP contribution >= 0.6 is 0 Å². The quantitative estimate of drug-likeness (QED) is 0.565. The maximum atomic E-state index is 11.5. The van der Waals surface area contributed by atoms with E-state index in [1.165, 1.54) is 20.2 Å². The van der Waals surface area contributed by atoms with Crippen LogP contribution in [0.2, 0.25) is 0 Å². The van der Waals surface area contributed by atoms with Gasteiger partial charge in [0.1, 0.15) is 0 Å². The third-order valence-electron chi connectivity index (χ3n) is 2.49. The molecule has 1 rings (SSSR count). The van der Waals surface area contributed by atoms with Crippen molar-refractivity contribution in [3.63, 3.8) is 0 Å². The van der Waals surface area contributed by atoms with Crippen molar-refractivity contribution < 1.29 is 23.9 Å². The summed E-state index contributed by atoms with van der Waals surface area (Å²) in [6.07, 6.45) is 2.87. The highest BCUT2D eigenvalue weighted by Crippen LogP contribution is 2.27. The number of carbonyl (C=O) groups is 2. The zero-order valence-electron chi connectivity index (χ0n) is 12.1. The molecule has 0 radical (unpaired) electrons. The lowest BCUT2D eigenvalue weighted by Gasteiger charge is -2.07. The van der Waals surface area contributed by atoms with Crippen molar-refractivity contribution in [3.05, 3.63) is 29.8 Å². The monoisotopic (exact) mass is 294 g/mol. The van der Waals surface area contributed by atoms with Crippen LogP contribution in [0, 0.1) is 0 Å². The average molecular weight is 294 g/mol. The highest BCUT2D eigenvalue weighted by Gasteiger charge is 2.03. The van der Waals surface area contributed by atoms with Crippen molar-refractivity contribution >= 4 is 17.9 Å². The molecular formula is C14H18N2O5. The first-order chi connectivity index (χ1) is 10.1. The number of methoxy groups -OCH3 is 2. The molecule has 0 aliphatic carbocycles. The summed E-state index contributed by atoms with van der Waals surface area (Å²) >= 11 is 0. The minimum Gasteiger partial charge on any atom is -0.493 e. The van der Waals surface area contributed by atoms with Crippen molar-refractivity contribution in [3.8, 4) is 11.5 Å². The number of hydroxylamine groups is 1. The summed E-state index contributed by atoms with van der Waals surface area (Å²) in [4.78, 5) is 27.0. The van der Waals surface area contributed by atoms with E-state index < -0.39 is 5.91 Å². The Balaban J connectivity index is 2.55. The van der Waals surface area contributed by atoms with E-state index in [-0.39, 0.29) is 12.5 Å². The molecule has 0 bridgehead atoms. The van der Waals surface area contributed by atoms with Gasteiger partial charge in [-0.15, -0.1) is 0 Å². The zero-order valence-corrected chi connectivity index (χ0v) is 12.1. The van der Waals surface area contributed by atoms with Gasteiger partial charge in [0.15, 0.2) is 18.1 Å². The molecule has 0 saturated heterocycles. The van der Waals surface area contributed by atoms with Gasteiger partial charge in [-0.1, -0.05) is 6.07 Å². The number of rotatable bonds is 7. The largest absolute Gasteiger partial charge is 0.493 e. The lowest BCUT2D eigenvalue weighted by molar-refractivity contribution is -0.135. The average Bonchev–Trinajstić information content (AvgIpc) is 2.52.